The highest BCUT2D eigenvalue weighted by Gasteiger charge is 1.88. The van der Waals surface area contributed by atoms with Gasteiger partial charge in [-0.3, -0.25) is 0 Å². The number of nitrogens with one attached hydrogen (secondary N) is 2. The van der Waals surface area contributed by atoms with Crippen molar-refractivity contribution in [2.75, 3.05) is 22.9 Å². The summed E-state index contributed by atoms with van der Waals surface area (Å²) in [6.45, 7) is 0. The van der Waals surface area contributed by atoms with Crippen LogP contribution in [-0.4, -0.2) is 30.4 Å². The van der Waals surface area contributed by atoms with Crippen molar-refractivity contribution in [3.8, 4) is 0 Å². The quantitative estimate of drug-likeness (QED) is 0.278. The molecule has 0 atom stereocenters. The summed E-state index contributed by atoms with van der Waals surface area (Å²) < 4.78 is 0. The van der Waals surface area contributed by atoms with E-state index in [2.05, 4.69) is 30.4 Å². The smallest absolute Gasteiger partial charge is 0.241 e. The molecule has 0 aliphatic rings. The van der Waals surface area contributed by atoms with Crippen LogP contribution in [-0.2, 0) is 0 Å². The molecule has 10 N–H and O–H groups in total. The molecule has 0 saturated carbocycles. The maximum atomic E-state index is 5.07. The van der Waals surface area contributed by atoms with Crippen LogP contribution in [0.25, 0.3) is 0 Å². The lowest BCUT2D eigenvalue weighted by Gasteiger charge is -1.69. The van der Waals surface area contributed by atoms with E-state index in [0.29, 0.717) is 0 Å². The number of nitrogens with zero attached hydrogens (tertiary/aromatic N) is 4. The van der Waals surface area contributed by atoms with Gasteiger partial charge in [-0.25, -0.2) is 10.2 Å². The first-order valence-corrected chi connectivity index (χ1v) is 3.44. The molecule has 0 saturated heterocycles. The van der Waals surface area contributed by atoms with Crippen LogP contribution in [0, 0.1) is 0 Å². The number of H-pyrrole nitrogens is 2. The molecule has 14 heavy (non-hydrogen) atoms. The number of hydrogen-bond donors (Lipinski definition) is 6. The number of anilines is 4. The van der Waals surface area contributed by atoms with Crippen LogP contribution in [0.15, 0.2) is 0 Å². The van der Waals surface area contributed by atoms with Crippen LogP contribution in [0.1, 0.15) is 0 Å². The van der Waals surface area contributed by atoms with E-state index < -0.39 is 0 Å². The maximum absolute atomic E-state index is 5.07. The summed E-state index contributed by atoms with van der Waals surface area (Å²) in [7, 11) is 0. The highest BCUT2D eigenvalue weighted by Crippen LogP contribution is 1.90. The molecule has 0 amide bonds. The zero-order valence-electron chi connectivity index (χ0n) is 7.10. The van der Waals surface area contributed by atoms with Crippen LogP contribution >= 0.6 is 0 Å². The molecular formula is C4H10N10. The first-order valence-electron chi connectivity index (χ1n) is 3.44. The number of aromatic amines is 2. The molecule has 0 aromatic carbocycles. The van der Waals surface area contributed by atoms with Crippen molar-refractivity contribution in [2.45, 2.75) is 0 Å². The predicted molar refractivity (Wildman–Crippen MR) is 50.4 cm³/mol. The maximum Gasteiger partial charge on any atom is 0.241 e. The molecule has 0 spiro atoms. The molecular weight excluding hydrogens is 188 g/mol. The van der Waals surface area contributed by atoms with Gasteiger partial charge in [0.15, 0.2) is 0 Å². The molecule has 0 aliphatic carbocycles. The van der Waals surface area contributed by atoms with Gasteiger partial charge in [0.2, 0.25) is 23.8 Å². The molecule has 2 aromatic heterocycles. The van der Waals surface area contributed by atoms with Crippen LogP contribution in [0.5, 0.6) is 0 Å². The van der Waals surface area contributed by atoms with Crippen molar-refractivity contribution in [1.29, 1.82) is 0 Å². The fraction of sp³-hybridized carbons (Fsp3) is 0. The Morgan fingerprint density at radius 3 is 1.14 bits per heavy atom. The van der Waals surface area contributed by atoms with E-state index in [9.17, 15) is 0 Å². The van der Waals surface area contributed by atoms with Crippen LogP contribution in [0.3, 0.4) is 0 Å². The third-order valence-electron chi connectivity index (χ3n) is 1.04. The molecule has 2 rings (SSSR count). The predicted octanol–water partition coefficient (Wildman–Crippen LogP) is -2.06. The molecule has 10 heteroatoms. The molecule has 2 aromatic rings. The van der Waals surface area contributed by atoms with Gasteiger partial charge in [0, 0.05) is 0 Å². The average Bonchev–Trinajstić information content (AvgIpc) is 2.63. The standard InChI is InChI=1S/2C2H5N5/c2*3-1-5-2(4)7-6-1/h2*(H5,3,4,5,6,7). The first kappa shape index (κ1) is 9.57. The van der Waals surface area contributed by atoms with Crippen molar-refractivity contribution >= 4 is 23.8 Å². The van der Waals surface area contributed by atoms with E-state index in [-0.39, 0.29) is 23.8 Å². The lowest BCUT2D eigenvalue weighted by Crippen LogP contribution is -1.87. The molecule has 2 heterocycles. The third kappa shape index (κ3) is 2.84. The Bertz CT molecular complexity index is 315. The average molecular weight is 198 g/mol. The first-order chi connectivity index (χ1) is 6.58. The molecule has 0 aliphatic heterocycles. The van der Waals surface area contributed by atoms with Gasteiger partial charge in [-0.05, 0) is 0 Å². The Morgan fingerprint density at radius 2 is 1.07 bits per heavy atom. The van der Waals surface area contributed by atoms with E-state index in [1.54, 1.807) is 0 Å². The summed E-state index contributed by atoms with van der Waals surface area (Å²) >= 11 is 0. The van der Waals surface area contributed by atoms with Gasteiger partial charge in [-0.15, -0.1) is 10.2 Å². The fourth-order valence-corrected chi connectivity index (χ4v) is 0.576. The number of nitrogen functional groups attached to an aromatic ring is 4. The Hall–Kier alpha value is -2.52. The van der Waals surface area contributed by atoms with E-state index in [4.69, 9.17) is 22.9 Å². The zero-order chi connectivity index (χ0) is 10.6. The summed E-state index contributed by atoms with van der Waals surface area (Å²) in [5.41, 5.74) is 20.2. The van der Waals surface area contributed by atoms with E-state index in [1.807, 2.05) is 0 Å². The molecule has 0 fully saturated rings. The lowest BCUT2D eigenvalue weighted by atomic mass is 11.0. The summed E-state index contributed by atoms with van der Waals surface area (Å²) in [5, 5.41) is 11.6. The van der Waals surface area contributed by atoms with Crippen molar-refractivity contribution in [3.63, 3.8) is 0 Å². The summed E-state index contributed by atoms with van der Waals surface area (Å²) in [4.78, 5) is 7.00. The topological polar surface area (TPSA) is 187 Å². The van der Waals surface area contributed by atoms with Crippen molar-refractivity contribution in [3.05, 3.63) is 0 Å². The highest BCUT2D eigenvalue weighted by molar-refractivity contribution is 5.24. The van der Waals surface area contributed by atoms with Gasteiger partial charge in [0.25, 0.3) is 0 Å². The molecule has 0 bridgehead atoms. The van der Waals surface area contributed by atoms with Gasteiger partial charge >= 0.3 is 0 Å². The lowest BCUT2D eigenvalue weighted by molar-refractivity contribution is 1.11. The Labute approximate surface area is 78.1 Å². The highest BCUT2D eigenvalue weighted by atomic mass is 15.3. The second-order valence-corrected chi connectivity index (χ2v) is 2.16. The van der Waals surface area contributed by atoms with Gasteiger partial charge in [-0.1, -0.05) is 0 Å². The SMILES string of the molecule is Nc1n[nH]c(N)n1.Nc1n[nH]c(N)n1. The second kappa shape index (κ2) is 3.93. The number of rotatable bonds is 0. The summed E-state index contributed by atoms with van der Waals surface area (Å²) in [6.07, 6.45) is 0. The summed E-state index contributed by atoms with van der Waals surface area (Å²) in [5.74, 6) is 0.852. The van der Waals surface area contributed by atoms with Crippen molar-refractivity contribution in [2.24, 2.45) is 0 Å². The molecule has 10 nitrogen and oxygen atoms in total. The van der Waals surface area contributed by atoms with Crippen molar-refractivity contribution < 1.29 is 0 Å². The Balaban J connectivity index is 0.000000140. The van der Waals surface area contributed by atoms with Crippen LogP contribution in [0.2, 0.25) is 0 Å². The Morgan fingerprint density at radius 1 is 0.714 bits per heavy atom. The van der Waals surface area contributed by atoms with Gasteiger partial charge in [0.05, 0.1) is 0 Å². The van der Waals surface area contributed by atoms with E-state index >= 15 is 0 Å². The zero-order valence-corrected chi connectivity index (χ0v) is 7.10. The molecule has 0 unspecified atom stereocenters. The van der Waals surface area contributed by atoms with Gasteiger partial charge < -0.3 is 22.9 Å². The minimum Gasteiger partial charge on any atom is -0.368 e. The number of aromatic nitrogens is 6. The van der Waals surface area contributed by atoms with Crippen molar-refractivity contribution in [1.82, 2.24) is 30.4 Å². The second-order valence-electron chi connectivity index (χ2n) is 2.16. The minimum absolute atomic E-state index is 0.178. The van der Waals surface area contributed by atoms with Crippen LogP contribution < -0.4 is 22.9 Å². The fourth-order valence-electron chi connectivity index (χ4n) is 0.576. The summed E-state index contributed by atoms with van der Waals surface area (Å²) in [6, 6.07) is 0. The van der Waals surface area contributed by atoms with Gasteiger partial charge in [0.1, 0.15) is 0 Å². The third-order valence-corrected chi connectivity index (χ3v) is 1.04. The Kier molecular flexibility index (Phi) is 2.69. The monoisotopic (exact) mass is 198 g/mol. The van der Waals surface area contributed by atoms with Gasteiger partial charge in [-0.2, -0.15) is 9.97 Å². The largest absolute Gasteiger partial charge is 0.368 e. The van der Waals surface area contributed by atoms with Crippen LogP contribution in [0.4, 0.5) is 23.8 Å². The number of nitrogens with two attached hydrogens (primary N) is 4. The van der Waals surface area contributed by atoms with E-state index in [1.165, 1.54) is 0 Å². The number of hydrogen-bond acceptors (Lipinski definition) is 8. The van der Waals surface area contributed by atoms with E-state index in [0.717, 1.165) is 0 Å². The minimum atomic E-state index is 0.178. The molecule has 0 radical (unpaired) electrons. The molecule has 76 valence electrons. The normalized spacial score (nSPS) is 9.14.